The van der Waals surface area contributed by atoms with Gasteiger partial charge in [0.1, 0.15) is 0 Å². The van der Waals surface area contributed by atoms with Crippen molar-refractivity contribution in [2.45, 2.75) is 19.8 Å². The van der Waals surface area contributed by atoms with Gasteiger partial charge in [-0.05, 0) is 0 Å². The zero-order valence-corrected chi connectivity index (χ0v) is 25.2. The molecule has 171 valence electrons. The second-order valence-electron chi connectivity index (χ2n) is 8.90. The first-order chi connectivity index (χ1) is 16.4. The van der Waals surface area contributed by atoms with E-state index >= 15 is 0 Å². The SMILES string of the molecule is CCC(=O)[NH][Hf]([Cl])([Cl])([c]1cccc2c1Cc1ccccc1-2)[SiH](c1ccccc1)c1ccccc1. The Morgan fingerprint density at radius 3 is 1.97 bits per heavy atom. The Balaban J connectivity index is 1.82. The van der Waals surface area contributed by atoms with Gasteiger partial charge in [-0.1, -0.05) is 0 Å². The molecule has 1 aliphatic rings. The van der Waals surface area contributed by atoms with Crippen molar-refractivity contribution >= 4 is 42.7 Å². The summed E-state index contributed by atoms with van der Waals surface area (Å²) in [7, 11) is 15.9. The van der Waals surface area contributed by atoms with E-state index in [2.05, 4.69) is 70.0 Å². The standard InChI is InChI=1S/C13H9.C12H11Si.C3H7NO.2ClH.Hf/c1-3-7-12-10(5-1)9-11-6-2-4-8-13(11)12;1-3-7-11(8-4-1)13-12-9-5-2-6-10-12;1-2-3(4)5;;;/h1-5,7-8H,9H2;1-10,13H;2H2,1H3,(H2,4,5);2*1H;/q;;;;;+3/p-3. The Morgan fingerprint density at radius 2 is 1.35 bits per heavy atom. The molecule has 6 heteroatoms. The molecule has 0 bridgehead atoms. The molecule has 0 heterocycles. The molecule has 0 atom stereocenters. The quantitative estimate of drug-likeness (QED) is 0.257. The van der Waals surface area contributed by atoms with Gasteiger partial charge in [0.15, 0.2) is 0 Å². The number of halogens is 2. The van der Waals surface area contributed by atoms with Crippen molar-refractivity contribution < 1.29 is 20.4 Å². The molecule has 0 aliphatic heterocycles. The third-order valence-electron chi connectivity index (χ3n) is 6.81. The van der Waals surface area contributed by atoms with E-state index in [0.29, 0.717) is 6.42 Å². The van der Waals surface area contributed by atoms with E-state index in [-0.39, 0.29) is 5.91 Å². The molecule has 34 heavy (non-hydrogen) atoms. The number of hydrogen-bond acceptors (Lipinski definition) is 1. The number of nitrogens with one attached hydrogen (secondary N) is 1. The summed E-state index contributed by atoms with van der Waals surface area (Å²) < 4.78 is 4.35. The number of carbonyl (C=O) groups is 1. The zero-order valence-electron chi connectivity index (χ0n) is 19.0. The van der Waals surface area contributed by atoms with Gasteiger partial charge in [-0.25, -0.2) is 0 Å². The maximum absolute atomic E-state index is 13.1. The van der Waals surface area contributed by atoms with Crippen LogP contribution < -0.4 is 17.0 Å². The molecule has 4 aromatic rings. The van der Waals surface area contributed by atoms with E-state index in [1.54, 1.807) is 0 Å². The second-order valence-corrected chi connectivity index (χ2v) is 57.8. The third kappa shape index (κ3) is 4.05. The number of carbonyl (C=O) groups excluding carboxylic acids is 1. The normalized spacial score (nSPS) is 13.6. The first-order valence-electron chi connectivity index (χ1n) is 11.6. The van der Waals surface area contributed by atoms with E-state index in [1.807, 2.05) is 43.3 Å². The minimum absolute atomic E-state index is 0.0854. The van der Waals surface area contributed by atoms with Gasteiger partial charge in [-0.3, -0.25) is 0 Å². The Kier molecular flexibility index (Phi) is 6.45. The summed E-state index contributed by atoms with van der Waals surface area (Å²) in [6.45, 7) is 1.85. The first kappa shape index (κ1) is 23.7. The van der Waals surface area contributed by atoms with Gasteiger partial charge in [-0.15, -0.1) is 0 Å². The second kappa shape index (κ2) is 9.23. The monoisotopic (exact) mass is 670 g/mol. The van der Waals surface area contributed by atoms with Crippen LogP contribution in [0.3, 0.4) is 0 Å². The average molecular weight is 670 g/mol. The number of hydrogen-bond donors (Lipinski definition) is 1. The van der Waals surface area contributed by atoms with Crippen LogP contribution in [0.5, 0.6) is 0 Å². The van der Waals surface area contributed by atoms with Gasteiger partial charge in [-0.2, -0.15) is 0 Å². The molecular weight excluding hydrogens is 644 g/mol. The van der Waals surface area contributed by atoms with Crippen LogP contribution in [0.15, 0.2) is 103 Å². The Bertz CT molecular complexity index is 1320. The molecule has 4 aromatic carbocycles. The number of benzene rings is 4. The van der Waals surface area contributed by atoms with Crippen molar-refractivity contribution in [3.8, 4) is 11.1 Å². The van der Waals surface area contributed by atoms with E-state index < -0.39 is 21.6 Å². The van der Waals surface area contributed by atoms with Crippen molar-refractivity contribution in [2.24, 2.45) is 0 Å². The number of fused-ring (bicyclic) bond motifs is 3. The summed E-state index contributed by atoms with van der Waals surface area (Å²) >= 11 is -5.42. The zero-order chi connectivity index (χ0) is 23.8. The van der Waals surface area contributed by atoms with Crippen molar-refractivity contribution in [1.82, 2.24) is 3.30 Å². The summed E-state index contributed by atoms with van der Waals surface area (Å²) in [5.74, 6) is -2.39. The van der Waals surface area contributed by atoms with Crippen molar-refractivity contribution in [1.29, 1.82) is 0 Å². The molecular formula is C28H26Cl2HfNOSi. The molecule has 0 radical (unpaired) electrons. The van der Waals surface area contributed by atoms with Crippen LogP contribution >= 0.6 is 17.2 Å². The molecule has 1 aliphatic carbocycles. The van der Waals surface area contributed by atoms with Crippen molar-refractivity contribution in [3.05, 3.63) is 114 Å². The van der Waals surface area contributed by atoms with Gasteiger partial charge < -0.3 is 0 Å². The van der Waals surface area contributed by atoms with Crippen LogP contribution in [0.1, 0.15) is 24.5 Å². The molecule has 5 rings (SSSR count). The first-order valence-corrected chi connectivity index (χ1v) is 32.1. The fraction of sp³-hybridized carbons (Fsp3) is 0.107. The van der Waals surface area contributed by atoms with E-state index in [1.165, 1.54) is 22.3 Å². The van der Waals surface area contributed by atoms with E-state index in [4.69, 9.17) is 17.2 Å². The number of amides is 1. The number of rotatable bonds is 6. The molecule has 1 amide bonds. The predicted octanol–water partition coefficient (Wildman–Crippen LogP) is 4.86. The summed E-state index contributed by atoms with van der Waals surface area (Å²) in [5, 5.41) is 2.30. The van der Waals surface area contributed by atoms with Crippen LogP contribution in [-0.2, 0) is 26.8 Å². The van der Waals surface area contributed by atoms with Gasteiger partial charge in [0.05, 0.1) is 0 Å². The Morgan fingerprint density at radius 1 is 0.794 bits per heavy atom. The van der Waals surface area contributed by atoms with Crippen molar-refractivity contribution in [2.75, 3.05) is 0 Å². The van der Waals surface area contributed by atoms with E-state index in [9.17, 15) is 4.79 Å². The van der Waals surface area contributed by atoms with Gasteiger partial charge in [0, 0.05) is 0 Å². The maximum atomic E-state index is 13.1. The minimum atomic E-state index is -5.42. The summed E-state index contributed by atoms with van der Waals surface area (Å²) in [5.41, 5.74) is 4.85. The summed E-state index contributed by atoms with van der Waals surface area (Å²) in [6, 6.07) is 35.4. The van der Waals surface area contributed by atoms with Crippen molar-refractivity contribution in [3.63, 3.8) is 0 Å². The topological polar surface area (TPSA) is 29.1 Å². The molecule has 1 N–H and O–H groups in total. The Labute approximate surface area is 210 Å². The van der Waals surface area contributed by atoms with Crippen LogP contribution in [-0.4, -0.2) is 11.9 Å². The average Bonchev–Trinajstić information content (AvgIpc) is 3.24. The van der Waals surface area contributed by atoms with E-state index in [0.717, 1.165) is 20.1 Å². The van der Waals surface area contributed by atoms with Crippen LogP contribution in [0.2, 0.25) is 0 Å². The summed E-state index contributed by atoms with van der Waals surface area (Å²) in [6.07, 6.45) is 1.12. The molecule has 2 nitrogen and oxygen atoms in total. The van der Waals surface area contributed by atoms with Crippen LogP contribution in [0.25, 0.3) is 11.1 Å². The van der Waals surface area contributed by atoms with Crippen LogP contribution in [0, 0.1) is 0 Å². The van der Waals surface area contributed by atoms with Gasteiger partial charge in [0.25, 0.3) is 0 Å². The van der Waals surface area contributed by atoms with Gasteiger partial charge in [0.2, 0.25) is 0 Å². The van der Waals surface area contributed by atoms with Crippen LogP contribution in [0.4, 0.5) is 0 Å². The molecule has 0 spiro atoms. The third-order valence-corrected chi connectivity index (χ3v) is 55.2. The van der Waals surface area contributed by atoms with Gasteiger partial charge >= 0.3 is 212 Å². The molecule has 0 saturated carbocycles. The Hall–Kier alpha value is -1.98. The molecule has 0 unspecified atom stereocenters. The fourth-order valence-corrected chi connectivity index (χ4v) is 57.9. The molecule has 0 aromatic heterocycles. The molecule has 0 fully saturated rings. The fourth-order valence-electron chi connectivity index (χ4n) is 5.29. The summed E-state index contributed by atoms with van der Waals surface area (Å²) in [4.78, 5) is 13.1. The molecule has 0 saturated heterocycles. The predicted molar refractivity (Wildman–Crippen MR) is 144 cm³/mol.